The summed E-state index contributed by atoms with van der Waals surface area (Å²) in [5.74, 6) is 1.49. The fourth-order valence-corrected chi connectivity index (χ4v) is 8.53. The molecule has 4 atom stereocenters. The van der Waals surface area contributed by atoms with E-state index in [0.717, 1.165) is 76.1 Å². The largest absolute Gasteiger partial charge is 0.490 e. The molecule has 3 aromatic carbocycles. The number of hydrogen-bond acceptors (Lipinski definition) is 10. The smallest absolute Gasteiger partial charge is 0.407 e. The molecular weight excluding hydrogens is 805 g/mol. The standard InChI is InChI=1S/C47H58N8O8/c1-27(2)40(52-46(58)61-6)44(56)54-20-8-10-37(54)42-48-26-36(51-42)33-18-16-32(25-39(33)63-23-22-60-5)30-14-12-29(13-15-30)31-17-19-34-35(24-31)50-43(49-34)38-11-9-21-55(38)45(57)41(28(3)4)53-47(59)62-7/h12-19,24-28,37-38,40-41H,8-11,20-23H2,1-7H3,(H,48,51)(H,49,50)(H,52,58)(H,53,59)/t37-,38-,40-,41-/m0/s1. The number of alkyl carbamates (subject to hydrolysis) is 2. The number of aromatic nitrogens is 4. The predicted octanol–water partition coefficient (Wildman–Crippen LogP) is 7.40. The second-order valence-corrected chi connectivity index (χ2v) is 16.8. The van der Waals surface area contributed by atoms with Crippen molar-refractivity contribution < 1.29 is 38.1 Å². The van der Waals surface area contributed by atoms with Crippen LogP contribution in [-0.4, -0.2) is 113 Å². The first-order chi connectivity index (χ1) is 30.4. The number of rotatable bonds is 15. The summed E-state index contributed by atoms with van der Waals surface area (Å²) in [6.07, 6.45) is 3.66. The maximum absolute atomic E-state index is 13.7. The number of H-pyrrole nitrogens is 2. The monoisotopic (exact) mass is 862 g/mol. The van der Waals surface area contributed by atoms with Gasteiger partial charge in [-0.3, -0.25) is 9.59 Å². The molecule has 0 radical (unpaired) electrons. The van der Waals surface area contributed by atoms with Gasteiger partial charge >= 0.3 is 12.2 Å². The number of aromatic amines is 2. The zero-order valence-electron chi connectivity index (χ0n) is 37.0. The summed E-state index contributed by atoms with van der Waals surface area (Å²) in [6.45, 7) is 9.49. The van der Waals surface area contributed by atoms with Crippen LogP contribution in [0.2, 0.25) is 0 Å². The molecule has 2 saturated heterocycles. The zero-order valence-corrected chi connectivity index (χ0v) is 37.0. The molecule has 16 nitrogen and oxygen atoms in total. The minimum absolute atomic E-state index is 0.118. The van der Waals surface area contributed by atoms with Crippen molar-refractivity contribution in [2.45, 2.75) is 77.5 Å². The average Bonchev–Trinajstić information content (AvgIpc) is 4.13. The number of carbonyl (C=O) groups excluding carboxylic acids is 4. The SMILES string of the molecule is COCCOc1cc(-c2ccc(-c3ccc4nc([C@@H]5CCCN5C(=O)[C@@H](NC(=O)OC)C(C)C)[nH]c4c3)cc2)ccc1-c1cnc([C@@H]2CCCN2C(=O)[C@@H](NC(=O)OC)C(C)C)[nH]1. The quantitative estimate of drug-likeness (QED) is 0.0771. The molecule has 4 N–H and O–H groups in total. The maximum Gasteiger partial charge on any atom is 0.407 e. The Morgan fingerprint density at radius 1 is 0.698 bits per heavy atom. The summed E-state index contributed by atoms with van der Waals surface area (Å²) in [6, 6.07) is 18.6. The Labute approximate surface area is 367 Å². The number of likely N-dealkylation sites (tertiary alicyclic amines) is 2. The predicted molar refractivity (Wildman–Crippen MR) is 238 cm³/mol. The highest BCUT2D eigenvalue weighted by Crippen LogP contribution is 2.38. The lowest BCUT2D eigenvalue weighted by Gasteiger charge is -2.30. The van der Waals surface area contributed by atoms with Gasteiger partial charge in [0, 0.05) is 25.8 Å². The van der Waals surface area contributed by atoms with Crippen molar-refractivity contribution in [1.82, 2.24) is 40.4 Å². The number of carbonyl (C=O) groups is 4. The summed E-state index contributed by atoms with van der Waals surface area (Å²) in [7, 11) is 4.21. The lowest BCUT2D eigenvalue weighted by Crippen LogP contribution is -2.51. The number of nitrogens with zero attached hydrogens (tertiary/aromatic N) is 4. The zero-order chi connectivity index (χ0) is 44.8. The molecule has 2 aliphatic heterocycles. The van der Waals surface area contributed by atoms with Crippen molar-refractivity contribution in [1.29, 1.82) is 0 Å². The molecule has 5 aromatic rings. The number of methoxy groups -OCH3 is 3. The van der Waals surface area contributed by atoms with Gasteiger partial charge in [0.25, 0.3) is 0 Å². The highest BCUT2D eigenvalue weighted by atomic mass is 16.5. The van der Waals surface area contributed by atoms with Gasteiger partial charge in [-0.2, -0.15) is 0 Å². The third-order valence-corrected chi connectivity index (χ3v) is 12.0. The topological polar surface area (TPSA) is 193 Å². The molecule has 2 aromatic heterocycles. The third-order valence-electron chi connectivity index (χ3n) is 12.0. The van der Waals surface area contributed by atoms with Gasteiger partial charge in [-0.05, 0) is 84.0 Å². The Bertz CT molecular complexity index is 2410. The molecule has 334 valence electrons. The lowest BCUT2D eigenvalue weighted by molar-refractivity contribution is -0.136. The molecule has 2 fully saturated rings. The first kappa shape index (κ1) is 44.6. The second-order valence-electron chi connectivity index (χ2n) is 16.8. The van der Waals surface area contributed by atoms with Crippen molar-refractivity contribution >= 4 is 35.0 Å². The normalized spacial score (nSPS) is 17.3. The van der Waals surface area contributed by atoms with E-state index in [4.69, 9.17) is 28.9 Å². The minimum Gasteiger partial charge on any atom is -0.490 e. The Morgan fingerprint density at radius 3 is 1.79 bits per heavy atom. The van der Waals surface area contributed by atoms with Crippen molar-refractivity contribution in [3.63, 3.8) is 0 Å². The summed E-state index contributed by atoms with van der Waals surface area (Å²) in [5.41, 5.74) is 7.28. The number of ether oxygens (including phenoxy) is 4. The van der Waals surface area contributed by atoms with Gasteiger partial charge in [-0.1, -0.05) is 64.1 Å². The van der Waals surface area contributed by atoms with Crippen molar-refractivity contribution in [2.24, 2.45) is 11.8 Å². The van der Waals surface area contributed by atoms with Gasteiger partial charge in [-0.25, -0.2) is 19.6 Å². The van der Waals surface area contributed by atoms with Gasteiger partial charge in [0.1, 0.15) is 36.1 Å². The fourth-order valence-electron chi connectivity index (χ4n) is 8.53. The highest BCUT2D eigenvalue weighted by Gasteiger charge is 2.39. The number of imidazole rings is 2. The third kappa shape index (κ3) is 9.80. The van der Waals surface area contributed by atoms with E-state index in [0.29, 0.717) is 37.9 Å². The second kappa shape index (κ2) is 19.7. The van der Waals surface area contributed by atoms with E-state index in [9.17, 15) is 19.2 Å². The summed E-state index contributed by atoms with van der Waals surface area (Å²) in [5, 5.41) is 5.41. The lowest BCUT2D eigenvalue weighted by atomic mass is 9.98. The summed E-state index contributed by atoms with van der Waals surface area (Å²) >= 11 is 0. The van der Waals surface area contributed by atoms with Crippen LogP contribution in [0.5, 0.6) is 5.75 Å². The van der Waals surface area contributed by atoms with Crippen LogP contribution in [0.4, 0.5) is 9.59 Å². The van der Waals surface area contributed by atoms with Crippen LogP contribution >= 0.6 is 0 Å². The van der Waals surface area contributed by atoms with Gasteiger partial charge in [0.15, 0.2) is 0 Å². The van der Waals surface area contributed by atoms with Gasteiger partial charge in [0.05, 0.1) is 55.8 Å². The number of hydrogen-bond donors (Lipinski definition) is 4. The molecule has 7 rings (SSSR count). The fraction of sp³-hybridized carbons (Fsp3) is 0.447. The van der Waals surface area contributed by atoms with Crippen molar-refractivity contribution in [3.8, 4) is 39.3 Å². The Kier molecular flexibility index (Phi) is 14.0. The molecule has 0 bridgehead atoms. The molecule has 16 heteroatoms. The van der Waals surface area contributed by atoms with E-state index in [1.165, 1.54) is 14.2 Å². The van der Waals surface area contributed by atoms with Crippen molar-refractivity contribution in [3.05, 3.63) is 78.5 Å². The van der Waals surface area contributed by atoms with Gasteiger partial charge in [-0.15, -0.1) is 0 Å². The first-order valence-corrected chi connectivity index (χ1v) is 21.6. The molecule has 4 amide bonds. The van der Waals surface area contributed by atoms with Crippen LogP contribution in [0.25, 0.3) is 44.5 Å². The first-order valence-electron chi connectivity index (χ1n) is 21.6. The maximum atomic E-state index is 13.7. The van der Waals surface area contributed by atoms with Crippen LogP contribution in [0, 0.1) is 11.8 Å². The van der Waals surface area contributed by atoms with Crippen LogP contribution in [0.3, 0.4) is 0 Å². The van der Waals surface area contributed by atoms with E-state index >= 15 is 0 Å². The van der Waals surface area contributed by atoms with E-state index in [2.05, 4.69) is 57.0 Å². The highest BCUT2D eigenvalue weighted by molar-refractivity contribution is 5.88. The van der Waals surface area contributed by atoms with E-state index < -0.39 is 24.3 Å². The molecule has 63 heavy (non-hydrogen) atoms. The number of amides is 4. The summed E-state index contributed by atoms with van der Waals surface area (Å²) < 4.78 is 21.2. The molecule has 0 aliphatic carbocycles. The molecule has 2 aliphatic rings. The van der Waals surface area contributed by atoms with E-state index in [1.54, 1.807) is 18.2 Å². The van der Waals surface area contributed by atoms with E-state index in [-0.39, 0.29) is 35.7 Å². The van der Waals surface area contributed by atoms with Crippen LogP contribution in [0.1, 0.15) is 77.1 Å². The molecule has 0 saturated carbocycles. The molecule has 4 heterocycles. The Balaban J connectivity index is 1.08. The average molecular weight is 863 g/mol. The minimum atomic E-state index is -0.722. The van der Waals surface area contributed by atoms with Crippen LogP contribution in [0.15, 0.2) is 66.9 Å². The number of nitrogens with one attached hydrogen (secondary N) is 4. The molecule has 0 spiro atoms. The number of fused-ring (bicyclic) bond motifs is 1. The molecular formula is C47H58N8O8. The van der Waals surface area contributed by atoms with Gasteiger partial charge in [0.2, 0.25) is 11.8 Å². The summed E-state index contributed by atoms with van der Waals surface area (Å²) in [4.78, 5) is 71.7. The molecule has 0 unspecified atom stereocenters. The van der Waals surface area contributed by atoms with Crippen LogP contribution < -0.4 is 15.4 Å². The van der Waals surface area contributed by atoms with Gasteiger partial charge < -0.3 is 49.3 Å². The van der Waals surface area contributed by atoms with E-state index in [1.807, 2.05) is 56.9 Å². The number of benzene rings is 3. The Morgan fingerprint density at radius 2 is 1.24 bits per heavy atom. The van der Waals surface area contributed by atoms with Crippen molar-refractivity contribution in [2.75, 3.05) is 47.6 Å². The Hall–Kier alpha value is -6.42. The van der Waals surface area contributed by atoms with Crippen LogP contribution in [-0.2, 0) is 23.8 Å².